The molecule has 1 saturated carbocycles. The lowest BCUT2D eigenvalue weighted by atomic mass is 10.4. The number of nitrogens with two attached hydrogens (primary N) is 1. The third-order valence-corrected chi connectivity index (χ3v) is 3.39. The molecule has 1 fully saturated rings. The third-order valence-electron chi connectivity index (χ3n) is 2.84. The van der Waals surface area contributed by atoms with Crippen LogP contribution in [0.15, 0.2) is 11.2 Å². The first-order valence-electron chi connectivity index (χ1n) is 5.93. The summed E-state index contributed by atoms with van der Waals surface area (Å²) in [6.45, 7) is 1.54. The Balaban J connectivity index is 2.22. The zero-order chi connectivity index (χ0) is 13.0. The summed E-state index contributed by atoms with van der Waals surface area (Å²) in [6.07, 6.45) is 4.39. The van der Waals surface area contributed by atoms with E-state index in [1.165, 1.54) is 24.6 Å². The molecule has 0 radical (unpaired) electrons. The zero-order valence-corrected chi connectivity index (χ0v) is 11.5. The minimum absolute atomic E-state index is 0.579. The first kappa shape index (κ1) is 13.4. The van der Waals surface area contributed by atoms with Crippen LogP contribution in [0.1, 0.15) is 12.8 Å². The van der Waals surface area contributed by atoms with Gasteiger partial charge in [-0.15, -0.1) is 0 Å². The maximum absolute atomic E-state index is 5.44. The molecule has 1 aromatic heterocycles. The standard InChI is InChI=1S/C11H19N5OS/c1-17-6-5-16(8-3-4-8)10-7-9(15-12)13-11(14-10)18-2/h7-8H,3-6,12H2,1-2H3,(H,13,14,15). The third kappa shape index (κ3) is 3.24. The predicted octanol–water partition coefficient (Wildman–Crippen LogP) is 1.10. The fourth-order valence-electron chi connectivity index (χ4n) is 1.79. The van der Waals surface area contributed by atoms with Gasteiger partial charge < -0.3 is 15.1 Å². The first-order valence-corrected chi connectivity index (χ1v) is 7.16. The quantitative estimate of drug-likeness (QED) is 0.332. The molecule has 1 heterocycles. The van der Waals surface area contributed by atoms with Gasteiger partial charge in [-0.05, 0) is 19.1 Å². The Bertz CT molecular complexity index is 377. The van der Waals surface area contributed by atoms with Gasteiger partial charge in [0, 0.05) is 25.8 Å². The summed E-state index contributed by atoms with van der Waals surface area (Å²) in [5.74, 6) is 7.01. The minimum Gasteiger partial charge on any atom is -0.383 e. The monoisotopic (exact) mass is 269 g/mol. The molecule has 0 unspecified atom stereocenters. The Hall–Kier alpha value is -1.05. The van der Waals surface area contributed by atoms with Crippen molar-refractivity contribution in [2.24, 2.45) is 5.84 Å². The molecule has 0 spiro atoms. The van der Waals surface area contributed by atoms with Crippen molar-refractivity contribution in [1.29, 1.82) is 0 Å². The normalized spacial score (nSPS) is 14.6. The number of methoxy groups -OCH3 is 1. The molecular weight excluding hydrogens is 250 g/mol. The lowest BCUT2D eigenvalue weighted by Crippen LogP contribution is -2.30. The Morgan fingerprint density at radius 2 is 2.33 bits per heavy atom. The van der Waals surface area contributed by atoms with Crippen LogP contribution in [0.25, 0.3) is 0 Å². The number of hydrogen-bond donors (Lipinski definition) is 2. The maximum atomic E-state index is 5.44. The van der Waals surface area contributed by atoms with Gasteiger partial charge in [0.05, 0.1) is 6.61 Å². The van der Waals surface area contributed by atoms with E-state index in [4.69, 9.17) is 10.6 Å². The summed E-state index contributed by atoms with van der Waals surface area (Å²) in [7, 11) is 1.71. The summed E-state index contributed by atoms with van der Waals surface area (Å²) >= 11 is 1.51. The number of anilines is 2. The van der Waals surface area contributed by atoms with Crippen molar-refractivity contribution in [2.75, 3.05) is 36.8 Å². The van der Waals surface area contributed by atoms with Gasteiger partial charge in [0.15, 0.2) is 5.16 Å². The summed E-state index contributed by atoms with van der Waals surface area (Å²) < 4.78 is 5.15. The fourth-order valence-corrected chi connectivity index (χ4v) is 2.16. The molecule has 0 atom stereocenters. The van der Waals surface area contributed by atoms with Crippen molar-refractivity contribution in [1.82, 2.24) is 9.97 Å². The van der Waals surface area contributed by atoms with Gasteiger partial charge in [0.1, 0.15) is 11.6 Å². The molecule has 2 rings (SSSR count). The fraction of sp³-hybridized carbons (Fsp3) is 0.636. The molecule has 1 aromatic rings. The second-order valence-corrected chi connectivity index (χ2v) is 4.93. The Labute approximate surface area is 111 Å². The van der Waals surface area contributed by atoms with Gasteiger partial charge in [-0.25, -0.2) is 15.8 Å². The van der Waals surface area contributed by atoms with Gasteiger partial charge >= 0.3 is 0 Å². The van der Waals surface area contributed by atoms with Crippen LogP contribution >= 0.6 is 11.8 Å². The van der Waals surface area contributed by atoms with Gasteiger partial charge in [-0.1, -0.05) is 11.8 Å². The Morgan fingerprint density at radius 1 is 1.56 bits per heavy atom. The molecule has 1 aliphatic rings. The molecule has 18 heavy (non-hydrogen) atoms. The highest BCUT2D eigenvalue weighted by Crippen LogP contribution is 2.31. The van der Waals surface area contributed by atoms with Crippen molar-refractivity contribution < 1.29 is 4.74 Å². The molecular formula is C11H19N5OS. The summed E-state index contributed by atoms with van der Waals surface area (Å²) in [6, 6.07) is 2.46. The maximum Gasteiger partial charge on any atom is 0.191 e. The van der Waals surface area contributed by atoms with Gasteiger partial charge in [0.25, 0.3) is 0 Å². The average Bonchev–Trinajstić information content (AvgIpc) is 3.23. The number of thioether (sulfide) groups is 1. The zero-order valence-electron chi connectivity index (χ0n) is 10.7. The van der Waals surface area contributed by atoms with Crippen molar-refractivity contribution >= 4 is 23.4 Å². The van der Waals surface area contributed by atoms with Gasteiger partial charge in [0.2, 0.25) is 0 Å². The van der Waals surface area contributed by atoms with E-state index in [0.717, 1.165) is 17.5 Å². The van der Waals surface area contributed by atoms with Gasteiger partial charge in [-0.3, -0.25) is 0 Å². The van der Waals surface area contributed by atoms with Crippen LogP contribution < -0.4 is 16.2 Å². The van der Waals surface area contributed by atoms with E-state index in [9.17, 15) is 0 Å². The van der Waals surface area contributed by atoms with E-state index < -0.39 is 0 Å². The van der Waals surface area contributed by atoms with Crippen molar-refractivity contribution in [2.45, 2.75) is 24.0 Å². The summed E-state index contributed by atoms with van der Waals surface area (Å²) in [5, 5.41) is 0.725. The molecule has 0 bridgehead atoms. The van der Waals surface area contributed by atoms with Crippen molar-refractivity contribution in [3.05, 3.63) is 6.07 Å². The van der Waals surface area contributed by atoms with Crippen LogP contribution in [0.3, 0.4) is 0 Å². The molecule has 3 N–H and O–H groups in total. The van der Waals surface area contributed by atoms with Crippen LogP contribution in [-0.2, 0) is 4.74 Å². The van der Waals surface area contributed by atoms with Crippen LogP contribution in [0.2, 0.25) is 0 Å². The Kier molecular flexibility index (Phi) is 4.62. The van der Waals surface area contributed by atoms with E-state index in [0.29, 0.717) is 18.5 Å². The minimum atomic E-state index is 0.579. The number of nitrogen functional groups attached to an aromatic ring is 1. The number of nitrogens with one attached hydrogen (secondary N) is 1. The lowest BCUT2D eigenvalue weighted by molar-refractivity contribution is 0.204. The van der Waals surface area contributed by atoms with E-state index in [2.05, 4.69) is 20.3 Å². The predicted molar refractivity (Wildman–Crippen MR) is 73.9 cm³/mol. The van der Waals surface area contributed by atoms with Crippen LogP contribution in [0, 0.1) is 0 Å². The number of nitrogens with zero attached hydrogens (tertiary/aromatic N) is 3. The Morgan fingerprint density at radius 3 is 2.89 bits per heavy atom. The van der Waals surface area contributed by atoms with Crippen molar-refractivity contribution in [3.8, 4) is 0 Å². The largest absolute Gasteiger partial charge is 0.383 e. The van der Waals surface area contributed by atoms with Gasteiger partial charge in [-0.2, -0.15) is 0 Å². The van der Waals surface area contributed by atoms with E-state index in [1.807, 2.05) is 12.3 Å². The van der Waals surface area contributed by atoms with Crippen LogP contribution in [0.5, 0.6) is 0 Å². The molecule has 0 amide bonds. The van der Waals surface area contributed by atoms with E-state index >= 15 is 0 Å². The molecule has 100 valence electrons. The average molecular weight is 269 g/mol. The topological polar surface area (TPSA) is 76.3 Å². The highest BCUT2D eigenvalue weighted by Gasteiger charge is 2.30. The molecule has 0 aromatic carbocycles. The second-order valence-electron chi connectivity index (χ2n) is 4.16. The molecule has 0 saturated heterocycles. The SMILES string of the molecule is COCCN(c1cc(NN)nc(SC)n1)C1CC1. The van der Waals surface area contributed by atoms with E-state index in [1.54, 1.807) is 7.11 Å². The molecule has 0 aliphatic heterocycles. The van der Waals surface area contributed by atoms with Crippen LogP contribution in [0.4, 0.5) is 11.6 Å². The number of rotatable bonds is 7. The second kappa shape index (κ2) is 6.21. The number of ether oxygens (including phenoxy) is 1. The summed E-state index contributed by atoms with van der Waals surface area (Å²) in [5.41, 5.74) is 2.59. The smallest absolute Gasteiger partial charge is 0.191 e. The highest BCUT2D eigenvalue weighted by atomic mass is 32.2. The van der Waals surface area contributed by atoms with Crippen molar-refractivity contribution in [3.63, 3.8) is 0 Å². The number of hydrazine groups is 1. The molecule has 1 aliphatic carbocycles. The molecule has 6 nitrogen and oxygen atoms in total. The summed E-state index contributed by atoms with van der Waals surface area (Å²) in [4.78, 5) is 11.1. The van der Waals surface area contributed by atoms with E-state index in [-0.39, 0.29) is 0 Å². The van der Waals surface area contributed by atoms with Crippen LogP contribution in [-0.4, -0.2) is 42.5 Å². The highest BCUT2D eigenvalue weighted by molar-refractivity contribution is 7.98. The first-order chi connectivity index (χ1) is 8.78. The number of hydrogen-bond acceptors (Lipinski definition) is 7. The lowest BCUT2D eigenvalue weighted by Gasteiger charge is -2.23. The number of aromatic nitrogens is 2. The molecule has 7 heteroatoms.